The van der Waals surface area contributed by atoms with Crippen LogP contribution in [0.2, 0.25) is 5.15 Å². The standard InChI is InChI=1S/C6H2BrCl2F2NO2S/c7-4-3(15(9,13)14)1-2(6(10)11)5(8)12-4/h1,6H. The van der Waals surface area contributed by atoms with Gasteiger partial charge in [-0.05, 0) is 22.0 Å². The summed E-state index contributed by atoms with van der Waals surface area (Å²) in [5.74, 6) is 0. The van der Waals surface area contributed by atoms with E-state index in [4.69, 9.17) is 22.3 Å². The Balaban J connectivity index is 3.50. The normalized spacial score (nSPS) is 12.1. The molecule has 1 heterocycles. The Labute approximate surface area is 102 Å². The van der Waals surface area contributed by atoms with Gasteiger partial charge in [-0.25, -0.2) is 22.2 Å². The Hall–Kier alpha value is 0.0200. The van der Waals surface area contributed by atoms with E-state index in [1.54, 1.807) is 0 Å². The molecule has 0 fully saturated rings. The zero-order valence-corrected chi connectivity index (χ0v) is 10.6. The van der Waals surface area contributed by atoms with Gasteiger partial charge in [-0.1, -0.05) is 11.6 Å². The van der Waals surface area contributed by atoms with Crippen LogP contribution in [0.15, 0.2) is 15.6 Å². The molecule has 0 radical (unpaired) electrons. The molecule has 15 heavy (non-hydrogen) atoms. The number of aromatic nitrogens is 1. The summed E-state index contributed by atoms with van der Waals surface area (Å²) in [7, 11) is 0.872. The first kappa shape index (κ1) is 13.1. The zero-order chi connectivity index (χ0) is 11.8. The van der Waals surface area contributed by atoms with E-state index in [1.165, 1.54) is 0 Å². The fraction of sp³-hybridized carbons (Fsp3) is 0.167. The maximum absolute atomic E-state index is 12.4. The number of rotatable bonds is 2. The van der Waals surface area contributed by atoms with Crippen LogP contribution in [0.3, 0.4) is 0 Å². The third-order valence-electron chi connectivity index (χ3n) is 1.42. The van der Waals surface area contributed by atoms with Gasteiger partial charge in [-0.2, -0.15) is 0 Å². The van der Waals surface area contributed by atoms with Crippen molar-refractivity contribution >= 4 is 47.3 Å². The summed E-state index contributed by atoms with van der Waals surface area (Å²) in [6, 6.07) is 0.687. The SMILES string of the molecule is O=S(=O)(Cl)c1cc(C(F)F)c(Cl)nc1Br. The lowest BCUT2D eigenvalue weighted by atomic mass is 10.3. The summed E-state index contributed by atoms with van der Waals surface area (Å²) >= 11 is 8.15. The Morgan fingerprint density at radius 1 is 1.47 bits per heavy atom. The molecule has 0 saturated heterocycles. The number of pyridine rings is 1. The van der Waals surface area contributed by atoms with Crippen molar-refractivity contribution in [2.45, 2.75) is 11.3 Å². The van der Waals surface area contributed by atoms with Crippen LogP contribution in [0.25, 0.3) is 0 Å². The van der Waals surface area contributed by atoms with Crippen LogP contribution < -0.4 is 0 Å². The average molecular weight is 341 g/mol. The van der Waals surface area contributed by atoms with Crippen molar-refractivity contribution in [3.63, 3.8) is 0 Å². The summed E-state index contributed by atoms with van der Waals surface area (Å²) in [6.07, 6.45) is -2.92. The van der Waals surface area contributed by atoms with Crippen molar-refractivity contribution in [3.8, 4) is 0 Å². The number of nitrogens with zero attached hydrogens (tertiary/aromatic N) is 1. The summed E-state index contributed by atoms with van der Waals surface area (Å²) in [5, 5.41) is -0.471. The third kappa shape index (κ3) is 2.99. The molecule has 84 valence electrons. The lowest BCUT2D eigenvalue weighted by molar-refractivity contribution is 0.150. The highest BCUT2D eigenvalue weighted by Crippen LogP contribution is 2.32. The molecule has 0 aromatic carbocycles. The van der Waals surface area contributed by atoms with Crippen LogP contribution in [0.5, 0.6) is 0 Å². The molecule has 1 aromatic heterocycles. The zero-order valence-electron chi connectivity index (χ0n) is 6.72. The predicted molar refractivity (Wildman–Crippen MR) is 54.9 cm³/mol. The molecule has 0 saturated carbocycles. The molecule has 0 atom stereocenters. The quantitative estimate of drug-likeness (QED) is 0.612. The van der Waals surface area contributed by atoms with E-state index in [1.807, 2.05) is 0 Å². The first-order valence-electron chi connectivity index (χ1n) is 3.32. The summed E-state index contributed by atoms with van der Waals surface area (Å²) < 4.78 is 46.4. The van der Waals surface area contributed by atoms with E-state index in [0.717, 1.165) is 0 Å². The summed E-state index contributed by atoms with van der Waals surface area (Å²) in [4.78, 5) is 2.86. The van der Waals surface area contributed by atoms with Gasteiger partial charge in [0.1, 0.15) is 14.7 Å². The van der Waals surface area contributed by atoms with E-state index in [0.29, 0.717) is 6.07 Å². The largest absolute Gasteiger partial charge is 0.266 e. The molecule has 0 bridgehead atoms. The molecule has 0 spiro atoms. The summed E-state index contributed by atoms with van der Waals surface area (Å²) in [6.45, 7) is 0. The van der Waals surface area contributed by atoms with E-state index in [9.17, 15) is 17.2 Å². The molecule has 0 aliphatic rings. The number of alkyl halides is 2. The van der Waals surface area contributed by atoms with Crippen molar-refractivity contribution < 1.29 is 17.2 Å². The Kier molecular flexibility index (Phi) is 3.91. The van der Waals surface area contributed by atoms with Crippen molar-refractivity contribution in [1.29, 1.82) is 0 Å². The molecule has 3 nitrogen and oxygen atoms in total. The first-order chi connectivity index (χ1) is 6.73. The van der Waals surface area contributed by atoms with Gasteiger partial charge in [0.15, 0.2) is 0 Å². The lowest BCUT2D eigenvalue weighted by Gasteiger charge is -2.05. The second kappa shape index (κ2) is 4.48. The number of halogens is 5. The lowest BCUT2D eigenvalue weighted by Crippen LogP contribution is -1.99. The van der Waals surface area contributed by atoms with E-state index in [-0.39, 0.29) is 4.60 Å². The van der Waals surface area contributed by atoms with Crippen molar-refractivity contribution in [2.24, 2.45) is 0 Å². The van der Waals surface area contributed by atoms with E-state index < -0.39 is 31.1 Å². The molecular weight excluding hydrogens is 339 g/mol. The smallest absolute Gasteiger partial charge is 0.227 e. The van der Waals surface area contributed by atoms with Gasteiger partial charge < -0.3 is 0 Å². The minimum absolute atomic E-state index is 0.202. The molecular formula is C6H2BrCl2F2NO2S. The van der Waals surface area contributed by atoms with Crippen LogP contribution in [0.1, 0.15) is 12.0 Å². The van der Waals surface area contributed by atoms with Crippen LogP contribution >= 0.6 is 38.2 Å². The highest BCUT2D eigenvalue weighted by molar-refractivity contribution is 9.10. The maximum Gasteiger partial charge on any atom is 0.266 e. The number of hydrogen-bond donors (Lipinski definition) is 0. The highest BCUT2D eigenvalue weighted by Gasteiger charge is 2.22. The topological polar surface area (TPSA) is 47.0 Å². The monoisotopic (exact) mass is 339 g/mol. The van der Waals surface area contributed by atoms with Gasteiger partial charge in [0.2, 0.25) is 0 Å². The fourth-order valence-corrected chi connectivity index (χ4v) is 3.19. The van der Waals surface area contributed by atoms with Crippen LogP contribution in [-0.2, 0) is 9.05 Å². The Morgan fingerprint density at radius 3 is 2.40 bits per heavy atom. The molecule has 0 aliphatic carbocycles. The number of hydrogen-bond acceptors (Lipinski definition) is 3. The van der Waals surface area contributed by atoms with E-state index in [2.05, 4.69) is 20.9 Å². The van der Waals surface area contributed by atoms with Gasteiger partial charge in [0.05, 0.1) is 5.56 Å². The second-order valence-electron chi connectivity index (χ2n) is 2.40. The Morgan fingerprint density at radius 2 is 2.00 bits per heavy atom. The van der Waals surface area contributed by atoms with Crippen LogP contribution in [0, 0.1) is 0 Å². The molecule has 1 rings (SSSR count). The molecule has 0 N–H and O–H groups in total. The molecule has 9 heteroatoms. The third-order valence-corrected chi connectivity index (χ3v) is 3.93. The van der Waals surface area contributed by atoms with Crippen molar-refractivity contribution in [3.05, 3.63) is 21.4 Å². The molecule has 1 aromatic rings. The van der Waals surface area contributed by atoms with E-state index >= 15 is 0 Å². The Bertz CT molecular complexity index is 494. The summed E-state index contributed by atoms with van der Waals surface area (Å²) in [5.41, 5.74) is -0.681. The van der Waals surface area contributed by atoms with Gasteiger partial charge in [0.25, 0.3) is 15.5 Å². The fourth-order valence-electron chi connectivity index (χ4n) is 0.790. The van der Waals surface area contributed by atoms with Gasteiger partial charge >= 0.3 is 0 Å². The van der Waals surface area contributed by atoms with Crippen LogP contribution in [-0.4, -0.2) is 13.4 Å². The minimum atomic E-state index is -4.14. The minimum Gasteiger partial charge on any atom is -0.227 e. The maximum atomic E-state index is 12.4. The molecule has 0 amide bonds. The van der Waals surface area contributed by atoms with Crippen molar-refractivity contribution in [1.82, 2.24) is 4.98 Å². The average Bonchev–Trinajstić information content (AvgIpc) is 2.00. The highest BCUT2D eigenvalue weighted by atomic mass is 79.9. The predicted octanol–water partition coefficient (Wildman–Crippen LogP) is 3.36. The van der Waals surface area contributed by atoms with Crippen LogP contribution in [0.4, 0.5) is 8.78 Å². The molecule has 0 aliphatic heterocycles. The second-order valence-corrected chi connectivity index (χ2v) is 6.04. The first-order valence-corrected chi connectivity index (χ1v) is 6.80. The molecule has 0 unspecified atom stereocenters. The van der Waals surface area contributed by atoms with Gasteiger partial charge in [-0.15, -0.1) is 0 Å². The van der Waals surface area contributed by atoms with Crippen molar-refractivity contribution in [2.75, 3.05) is 0 Å². The van der Waals surface area contributed by atoms with Gasteiger partial charge in [0, 0.05) is 10.7 Å². The van der Waals surface area contributed by atoms with Gasteiger partial charge in [-0.3, -0.25) is 0 Å².